The van der Waals surface area contributed by atoms with E-state index in [4.69, 9.17) is 14.3 Å². The summed E-state index contributed by atoms with van der Waals surface area (Å²) in [6, 6.07) is 18.2. The first kappa shape index (κ1) is 22.9. The van der Waals surface area contributed by atoms with Gasteiger partial charge in [-0.05, 0) is 43.4 Å². The molecule has 8 heteroatoms. The molecule has 0 amide bonds. The van der Waals surface area contributed by atoms with Crippen molar-refractivity contribution >= 4 is 22.9 Å². The number of nitrogens with one attached hydrogen (secondary N) is 2. The monoisotopic (exact) mass is 472 g/mol. The van der Waals surface area contributed by atoms with E-state index < -0.39 is 5.97 Å². The molecule has 1 aliphatic rings. The number of hydrogen-bond donors (Lipinski definition) is 3. The number of furan rings is 1. The number of aromatic nitrogens is 2. The van der Waals surface area contributed by atoms with E-state index in [0.717, 1.165) is 65.1 Å². The summed E-state index contributed by atoms with van der Waals surface area (Å²) in [6.45, 7) is -0.0288. The van der Waals surface area contributed by atoms with Crippen LogP contribution in [0.25, 0.3) is 33.6 Å². The van der Waals surface area contributed by atoms with Crippen molar-refractivity contribution in [3.63, 3.8) is 0 Å². The van der Waals surface area contributed by atoms with Gasteiger partial charge in [0.15, 0.2) is 0 Å². The fourth-order valence-corrected chi connectivity index (χ4v) is 4.80. The van der Waals surface area contributed by atoms with Crippen molar-refractivity contribution in [1.29, 1.82) is 0 Å². The molecule has 0 saturated heterocycles. The number of aliphatic carboxylic acids is 1. The second-order valence-electron chi connectivity index (χ2n) is 8.78. The van der Waals surface area contributed by atoms with Gasteiger partial charge in [-0.1, -0.05) is 42.5 Å². The molecule has 1 saturated carbocycles. The molecule has 0 radical (unpaired) electrons. The van der Waals surface area contributed by atoms with Crippen LogP contribution in [0.5, 0.6) is 5.75 Å². The van der Waals surface area contributed by atoms with Crippen molar-refractivity contribution in [3.05, 3.63) is 60.9 Å². The first-order valence-corrected chi connectivity index (χ1v) is 11.8. The zero-order valence-electron chi connectivity index (χ0n) is 19.5. The summed E-state index contributed by atoms with van der Waals surface area (Å²) in [5.41, 5.74) is 3.38. The molecule has 0 bridgehead atoms. The van der Waals surface area contributed by atoms with Crippen molar-refractivity contribution in [2.24, 2.45) is 0 Å². The van der Waals surface area contributed by atoms with Crippen molar-refractivity contribution in [2.45, 2.75) is 37.8 Å². The summed E-state index contributed by atoms with van der Waals surface area (Å²) >= 11 is 0. The van der Waals surface area contributed by atoms with E-state index in [1.54, 1.807) is 7.11 Å². The van der Waals surface area contributed by atoms with Gasteiger partial charge in [0.1, 0.15) is 23.7 Å². The summed E-state index contributed by atoms with van der Waals surface area (Å²) in [6.07, 6.45) is 5.29. The molecule has 0 spiro atoms. The van der Waals surface area contributed by atoms with Crippen LogP contribution < -0.4 is 15.4 Å². The van der Waals surface area contributed by atoms with Crippen LogP contribution in [-0.4, -0.2) is 46.8 Å². The van der Waals surface area contributed by atoms with Gasteiger partial charge < -0.3 is 24.9 Å². The number of anilines is 1. The highest BCUT2D eigenvalue weighted by atomic mass is 16.5. The number of hydrogen-bond acceptors (Lipinski definition) is 7. The Labute approximate surface area is 203 Å². The Bertz CT molecular complexity index is 1300. The molecule has 1 fully saturated rings. The van der Waals surface area contributed by atoms with Crippen LogP contribution in [0.4, 0.5) is 5.82 Å². The molecular weight excluding hydrogens is 444 g/mol. The van der Waals surface area contributed by atoms with E-state index in [1.165, 1.54) is 6.33 Å². The summed E-state index contributed by atoms with van der Waals surface area (Å²) < 4.78 is 11.7. The highest BCUT2D eigenvalue weighted by Gasteiger charge is 2.26. The van der Waals surface area contributed by atoms with Gasteiger partial charge in [0, 0.05) is 23.2 Å². The normalized spacial score (nSPS) is 17.9. The van der Waals surface area contributed by atoms with E-state index in [1.807, 2.05) is 54.6 Å². The van der Waals surface area contributed by atoms with E-state index in [-0.39, 0.29) is 18.6 Å². The molecule has 4 aromatic rings. The zero-order chi connectivity index (χ0) is 24.2. The lowest BCUT2D eigenvalue weighted by atomic mass is 9.90. The Morgan fingerprint density at radius 1 is 1.06 bits per heavy atom. The van der Waals surface area contributed by atoms with Gasteiger partial charge in [-0.3, -0.25) is 4.79 Å². The molecule has 2 aromatic heterocycles. The highest BCUT2D eigenvalue weighted by Crippen LogP contribution is 2.43. The fourth-order valence-electron chi connectivity index (χ4n) is 4.80. The summed E-state index contributed by atoms with van der Waals surface area (Å²) in [5.74, 6) is 1.39. The van der Waals surface area contributed by atoms with Gasteiger partial charge in [0.25, 0.3) is 0 Å². The van der Waals surface area contributed by atoms with Gasteiger partial charge in [-0.25, -0.2) is 9.97 Å². The number of methoxy groups -OCH3 is 1. The third kappa shape index (κ3) is 4.97. The number of nitrogens with zero attached hydrogens (tertiary/aromatic N) is 2. The van der Waals surface area contributed by atoms with Crippen LogP contribution >= 0.6 is 0 Å². The summed E-state index contributed by atoms with van der Waals surface area (Å²) in [5, 5.41) is 16.6. The Kier molecular flexibility index (Phi) is 6.63. The lowest BCUT2D eigenvalue weighted by Crippen LogP contribution is -2.41. The first-order valence-electron chi connectivity index (χ1n) is 11.8. The number of benzene rings is 2. The molecule has 35 heavy (non-hydrogen) atoms. The SMILES string of the molecule is COc1ccc(-c2c(-c3ccccc3)oc3ncnc(N[C@@H]4CCCC(NCC(=O)O)C4)c23)cc1. The maximum atomic E-state index is 11.0. The lowest BCUT2D eigenvalue weighted by Gasteiger charge is -2.30. The molecule has 2 atom stereocenters. The topological polar surface area (TPSA) is 110 Å². The molecule has 8 nitrogen and oxygen atoms in total. The Hall–Kier alpha value is -3.91. The number of carboxylic acids is 1. The molecule has 0 aliphatic heterocycles. The summed E-state index contributed by atoms with van der Waals surface area (Å²) in [7, 11) is 1.65. The van der Waals surface area contributed by atoms with Crippen molar-refractivity contribution in [2.75, 3.05) is 19.0 Å². The summed E-state index contributed by atoms with van der Waals surface area (Å²) in [4.78, 5) is 20.0. The molecular formula is C27H28N4O4. The highest BCUT2D eigenvalue weighted by molar-refractivity contribution is 6.05. The molecule has 5 rings (SSSR count). The number of rotatable bonds is 8. The predicted octanol–water partition coefficient (Wildman–Crippen LogP) is 4.96. The average Bonchev–Trinajstić information content (AvgIpc) is 3.29. The van der Waals surface area contributed by atoms with Crippen LogP contribution in [0.1, 0.15) is 25.7 Å². The number of carbonyl (C=O) groups is 1. The standard InChI is InChI=1S/C27H28N4O4/c1-34-21-12-10-17(11-13-21)23-24-26(31-20-9-5-8-19(14-20)28-15-22(32)33)29-16-30-27(24)35-25(23)18-6-3-2-4-7-18/h2-4,6-7,10-13,16,19-20,28H,5,8-9,14-15H2,1H3,(H,32,33)(H,29,30,31)/t19?,20-/m1/s1. The van der Waals surface area contributed by atoms with Gasteiger partial charge in [0.05, 0.1) is 19.0 Å². The van der Waals surface area contributed by atoms with E-state index >= 15 is 0 Å². The molecule has 1 aliphatic carbocycles. The Morgan fingerprint density at radius 2 is 1.83 bits per heavy atom. The smallest absolute Gasteiger partial charge is 0.317 e. The second kappa shape index (κ2) is 10.1. The maximum Gasteiger partial charge on any atom is 0.317 e. The Morgan fingerprint density at radius 3 is 2.57 bits per heavy atom. The van der Waals surface area contributed by atoms with Gasteiger partial charge in [-0.15, -0.1) is 0 Å². The third-order valence-corrected chi connectivity index (χ3v) is 6.46. The van der Waals surface area contributed by atoms with Crippen molar-refractivity contribution < 1.29 is 19.1 Å². The minimum absolute atomic E-state index is 0.0288. The van der Waals surface area contributed by atoms with Gasteiger partial charge in [0.2, 0.25) is 5.71 Å². The largest absolute Gasteiger partial charge is 0.497 e. The first-order chi connectivity index (χ1) is 17.1. The molecule has 3 N–H and O–H groups in total. The molecule has 2 aromatic carbocycles. The van der Waals surface area contributed by atoms with Gasteiger partial charge in [-0.2, -0.15) is 0 Å². The fraction of sp³-hybridized carbons (Fsp3) is 0.296. The number of ether oxygens (including phenoxy) is 1. The van der Waals surface area contributed by atoms with Gasteiger partial charge >= 0.3 is 5.97 Å². The quantitative estimate of drug-likeness (QED) is 0.330. The third-order valence-electron chi connectivity index (χ3n) is 6.46. The molecule has 2 heterocycles. The van der Waals surface area contributed by atoms with Crippen molar-refractivity contribution in [1.82, 2.24) is 15.3 Å². The Balaban J connectivity index is 1.55. The molecule has 180 valence electrons. The van der Waals surface area contributed by atoms with Crippen LogP contribution in [-0.2, 0) is 4.79 Å². The minimum Gasteiger partial charge on any atom is -0.497 e. The average molecular weight is 473 g/mol. The number of fused-ring (bicyclic) bond motifs is 1. The van der Waals surface area contributed by atoms with Crippen LogP contribution in [0.3, 0.4) is 0 Å². The van der Waals surface area contributed by atoms with E-state index in [0.29, 0.717) is 5.71 Å². The van der Waals surface area contributed by atoms with Crippen LogP contribution in [0, 0.1) is 0 Å². The van der Waals surface area contributed by atoms with Crippen LogP contribution in [0.2, 0.25) is 0 Å². The maximum absolute atomic E-state index is 11.0. The number of carboxylic acid groups (broad SMARTS) is 1. The molecule has 1 unspecified atom stereocenters. The lowest BCUT2D eigenvalue weighted by molar-refractivity contribution is -0.136. The van der Waals surface area contributed by atoms with Crippen molar-refractivity contribution in [3.8, 4) is 28.2 Å². The zero-order valence-corrected chi connectivity index (χ0v) is 19.5. The van der Waals surface area contributed by atoms with E-state index in [9.17, 15) is 4.79 Å². The van der Waals surface area contributed by atoms with E-state index in [2.05, 4.69) is 20.6 Å². The van der Waals surface area contributed by atoms with Crippen LogP contribution in [0.15, 0.2) is 65.3 Å². The predicted molar refractivity (Wildman–Crippen MR) is 135 cm³/mol. The second-order valence-corrected chi connectivity index (χ2v) is 8.78. The minimum atomic E-state index is -0.839.